The number of ether oxygens (including phenoxy) is 1. The smallest absolute Gasteiger partial charge is 0.238 e. The lowest BCUT2D eigenvalue weighted by atomic mass is 10.2. The summed E-state index contributed by atoms with van der Waals surface area (Å²) < 4.78 is 28.3. The molecule has 7 heteroatoms. The molecule has 0 fully saturated rings. The van der Waals surface area contributed by atoms with Crippen molar-refractivity contribution in [2.45, 2.75) is 18.7 Å². The van der Waals surface area contributed by atoms with E-state index in [1.807, 2.05) is 43.3 Å². The summed E-state index contributed by atoms with van der Waals surface area (Å²) in [6, 6.07) is 7.37. The van der Waals surface area contributed by atoms with Crippen molar-refractivity contribution in [2.75, 3.05) is 33.5 Å². The number of nitrogens with zero attached hydrogens (tertiary/aromatic N) is 1. The van der Waals surface area contributed by atoms with Gasteiger partial charge in [-0.05, 0) is 38.7 Å². The number of carbonyl (C=O) groups excluding carboxylic acids is 1. The molecule has 1 N–H and O–H groups in total. The van der Waals surface area contributed by atoms with Gasteiger partial charge in [0.05, 0.1) is 0 Å². The molecule has 1 aromatic carbocycles. The van der Waals surface area contributed by atoms with Gasteiger partial charge in [0.2, 0.25) is 5.91 Å². The van der Waals surface area contributed by atoms with Gasteiger partial charge in [-0.3, -0.25) is 4.79 Å². The van der Waals surface area contributed by atoms with E-state index in [0.717, 1.165) is 24.1 Å². The molecule has 0 aliphatic heterocycles. The molecule has 22 heavy (non-hydrogen) atoms. The van der Waals surface area contributed by atoms with Crippen LogP contribution in [0.5, 0.6) is 5.75 Å². The summed E-state index contributed by atoms with van der Waals surface area (Å²) in [6.45, 7) is 3.04. The second kappa shape index (κ2) is 8.14. The topological polar surface area (TPSA) is 75.7 Å². The minimum Gasteiger partial charge on any atom is -0.492 e. The lowest BCUT2D eigenvalue weighted by Gasteiger charge is -2.13. The Balaban J connectivity index is 2.55. The van der Waals surface area contributed by atoms with E-state index in [1.165, 1.54) is 6.92 Å². The van der Waals surface area contributed by atoms with Gasteiger partial charge < -0.3 is 15.0 Å². The summed E-state index contributed by atoms with van der Waals surface area (Å²) in [6.07, 6.45) is 1.05. The molecule has 1 atom stereocenters. The van der Waals surface area contributed by atoms with Crippen LogP contribution in [0.1, 0.15) is 12.5 Å². The number of hydrogen-bond donors (Lipinski definition) is 1. The molecule has 1 amide bonds. The quantitative estimate of drug-likeness (QED) is 0.759. The molecule has 1 rings (SSSR count). The van der Waals surface area contributed by atoms with E-state index in [9.17, 15) is 13.2 Å². The molecule has 0 spiro atoms. The number of amides is 1. The number of sulfone groups is 1. The monoisotopic (exact) mass is 328 g/mol. The molecule has 0 bridgehead atoms. The van der Waals surface area contributed by atoms with Crippen molar-refractivity contribution in [2.24, 2.45) is 0 Å². The van der Waals surface area contributed by atoms with E-state index in [2.05, 4.69) is 5.32 Å². The zero-order valence-corrected chi connectivity index (χ0v) is 14.3. The van der Waals surface area contributed by atoms with Crippen molar-refractivity contribution in [3.63, 3.8) is 0 Å². The van der Waals surface area contributed by atoms with E-state index < -0.39 is 21.0 Å². The van der Waals surface area contributed by atoms with E-state index in [4.69, 9.17) is 4.74 Å². The van der Waals surface area contributed by atoms with E-state index in [1.54, 1.807) is 0 Å². The molecule has 0 unspecified atom stereocenters. The largest absolute Gasteiger partial charge is 0.492 e. The first kappa shape index (κ1) is 18.4. The van der Waals surface area contributed by atoms with Gasteiger partial charge in [0.15, 0.2) is 9.84 Å². The number of nitrogens with one attached hydrogen (secondary N) is 1. The van der Waals surface area contributed by atoms with Gasteiger partial charge >= 0.3 is 0 Å². The van der Waals surface area contributed by atoms with E-state index in [-0.39, 0.29) is 6.54 Å². The third-order valence-corrected chi connectivity index (χ3v) is 4.68. The number of hydrogen-bond acceptors (Lipinski definition) is 5. The molecule has 0 saturated carbocycles. The van der Waals surface area contributed by atoms with Crippen LogP contribution in [0.3, 0.4) is 0 Å². The first-order valence-corrected chi connectivity index (χ1v) is 8.98. The zero-order valence-electron chi connectivity index (χ0n) is 13.5. The van der Waals surface area contributed by atoms with Crippen LogP contribution >= 0.6 is 0 Å². The summed E-state index contributed by atoms with van der Waals surface area (Å²) in [5.41, 5.74) is 0.858. The summed E-state index contributed by atoms with van der Waals surface area (Å²) in [5.74, 6) is 0.228. The molecular formula is C15H24N2O4S. The summed E-state index contributed by atoms with van der Waals surface area (Å²) in [5, 5.41) is 1.58. The lowest BCUT2D eigenvalue weighted by Crippen LogP contribution is -2.36. The second-order valence-electron chi connectivity index (χ2n) is 5.49. The first-order chi connectivity index (χ1) is 10.2. The van der Waals surface area contributed by atoms with Gasteiger partial charge in [-0.2, -0.15) is 0 Å². The van der Waals surface area contributed by atoms with Crippen LogP contribution in [0.25, 0.3) is 0 Å². The molecule has 0 aliphatic rings. The fourth-order valence-electron chi connectivity index (χ4n) is 1.62. The van der Waals surface area contributed by atoms with Crippen molar-refractivity contribution in [3.8, 4) is 5.75 Å². The molecule has 6 nitrogen and oxygen atoms in total. The fraction of sp³-hybridized carbons (Fsp3) is 0.533. The lowest BCUT2D eigenvalue weighted by molar-refractivity contribution is -0.120. The Kier molecular flexibility index (Phi) is 6.83. The predicted molar refractivity (Wildman–Crippen MR) is 86.6 cm³/mol. The third kappa shape index (κ3) is 6.44. The molecule has 1 aromatic rings. The fourth-order valence-corrected chi connectivity index (χ4v) is 2.09. The maximum atomic E-state index is 11.8. The van der Waals surface area contributed by atoms with Crippen LogP contribution < -0.4 is 10.1 Å². The van der Waals surface area contributed by atoms with Crippen molar-refractivity contribution in [1.82, 2.24) is 10.2 Å². The van der Waals surface area contributed by atoms with Gasteiger partial charge in [0.25, 0.3) is 0 Å². The normalized spacial score (nSPS) is 13.0. The van der Waals surface area contributed by atoms with Crippen LogP contribution in [-0.2, 0) is 21.2 Å². The number of carbonyl (C=O) groups is 1. The molecular weight excluding hydrogens is 304 g/mol. The van der Waals surface area contributed by atoms with E-state index in [0.29, 0.717) is 6.61 Å². The van der Waals surface area contributed by atoms with Crippen molar-refractivity contribution >= 4 is 15.7 Å². The van der Waals surface area contributed by atoms with Crippen LogP contribution in [0, 0.1) is 0 Å². The van der Waals surface area contributed by atoms with Crippen LogP contribution in [-0.4, -0.2) is 58.0 Å². The van der Waals surface area contributed by atoms with Gasteiger partial charge in [-0.15, -0.1) is 0 Å². The van der Waals surface area contributed by atoms with Gasteiger partial charge in [0, 0.05) is 19.3 Å². The Morgan fingerprint density at radius 2 is 2.05 bits per heavy atom. The van der Waals surface area contributed by atoms with Crippen LogP contribution in [0.2, 0.25) is 0 Å². The van der Waals surface area contributed by atoms with Crippen molar-refractivity contribution < 1.29 is 17.9 Å². The molecule has 0 aromatic heterocycles. The first-order valence-electron chi connectivity index (χ1n) is 7.03. The highest BCUT2D eigenvalue weighted by Gasteiger charge is 2.22. The van der Waals surface area contributed by atoms with Crippen LogP contribution in [0.15, 0.2) is 24.3 Å². The average Bonchev–Trinajstić information content (AvgIpc) is 2.43. The highest BCUT2D eigenvalue weighted by Crippen LogP contribution is 2.13. The molecule has 0 aliphatic carbocycles. The summed E-state index contributed by atoms with van der Waals surface area (Å²) in [7, 11) is 0.565. The molecule has 0 heterocycles. The standard InChI is InChI=1S/C15H24N2O4S/c1-12(22(4,19)20)15(18)16-11-13-6-5-7-14(10-13)21-9-8-17(2)3/h5-7,10,12H,8-9,11H2,1-4H3,(H,16,18)/t12-/m0/s1. The van der Waals surface area contributed by atoms with Crippen molar-refractivity contribution in [1.29, 1.82) is 0 Å². The Labute approximate surface area is 132 Å². The Morgan fingerprint density at radius 3 is 2.64 bits per heavy atom. The summed E-state index contributed by atoms with van der Waals surface area (Å²) >= 11 is 0. The minimum atomic E-state index is -3.38. The van der Waals surface area contributed by atoms with Gasteiger partial charge in [-0.25, -0.2) is 8.42 Å². The zero-order chi connectivity index (χ0) is 16.8. The van der Waals surface area contributed by atoms with Gasteiger partial charge in [-0.1, -0.05) is 12.1 Å². The van der Waals surface area contributed by atoms with Crippen LogP contribution in [0.4, 0.5) is 0 Å². The number of rotatable bonds is 8. The third-order valence-electron chi connectivity index (χ3n) is 3.18. The Morgan fingerprint density at radius 1 is 1.36 bits per heavy atom. The SMILES string of the molecule is C[C@@H](C(=O)NCc1cccc(OCCN(C)C)c1)S(C)(=O)=O. The average molecular weight is 328 g/mol. The highest BCUT2D eigenvalue weighted by molar-refractivity contribution is 7.92. The van der Waals surface area contributed by atoms with E-state index >= 15 is 0 Å². The predicted octanol–water partition coefficient (Wildman–Crippen LogP) is 0.676. The minimum absolute atomic E-state index is 0.267. The highest BCUT2D eigenvalue weighted by atomic mass is 32.2. The summed E-state index contributed by atoms with van der Waals surface area (Å²) in [4.78, 5) is 13.8. The maximum Gasteiger partial charge on any atom is 0.238 e. The molecule has 124 valence electrons. The molecule has 0 saturated heterocycles. The number of benzene rings is 1. The number of likely N-dealkylation sites (N-methyl/N-ethyl adjacent to an activating group) is 1. The Hall–Kier alpha value is -1.60. The van der Waals surface area contributed by atoms with Gasteiger partial charge in [0.1, 0.15) is 17.6 Å². The van der Waals surface area contributed by atoms with Crippen molar-refractivity contribution in [3.05, 3.63) is 29.8 Å². The maximum absolute atomic E-state index is 11.8. The Bertz CT molecular complexity index is 599. The molecule has 0 radical (unpaired) electrons. The second-order valence-corrected chi connectivity index (χ2v) is 7.85.